The van der Waals surface area contributed by atoms with E-state index in [9.17, 15) is 18.6 Å². The number of nitrogens with zero attached hydrogens (tertiary/aromatic N) is 1. The maximum atomic E-state index is 12.4. The summed E-state index contributed by atoms with van der Waals surface area (Å²) in [6, 6.07) is 6.23. The summed E-state index contributed by atoms with van der Waals surface area (Å²) in [4.78, 5) is 0.136. The minimum Gasteiger partial charge on any atom is -0.392 e. The third-order valence-electron chi connectivity index (χ3n) is 2.39. The molecule has 0 heterocycles. The lowest BCUT2D eigenvalue weighted by atomic mass is 10.3. The lowest BCUT2D eigenvalue weighted by Crippen LogP contribution is -2.40. The van der Waals surface area contributed by atoms with Gasteiger partial charge in [-0.15, -0.1) is 0 Å². The number of hydrogen-bond acceptors (Lipinski definition) is 4. The summed E-state index contributed by atoms with van der Waals surface area (Å²) >= 11 is 3.24. The molecule has 5 nitrogen and oxygen atoms in total. The van der Waals surface area contributed by atoms with E-state index >= 15 is 0 Å². The standard InChI is InChI=1S/C12H18BrNO4S/c1-9(15)7-14(8-10(2)16)19(17,18)12-5-3-11(13)4-6-12/h3-6,9-10,15-16H,7-8H2,1-2H3/t9-,10+. The molecule has 0 bridgehead atoms. The largest absolute Gasteiger partial charge is 0.392 e. The zero-order chi connectivity index (χ0) is 14.6. The molecule has 1 aromatic carbocycles. The van der Waals surface area contributed by atoms with Crippen molar-refractivity contribution in [1.82, 2.24) is 4.31 Å². The monoisotopic (exact) mass is 351 g/mol. The lowest BCUT2D eigenvalue weighted by Gasteiger charge is -2.24. The second-order valence-corrected chi connectivity index (χ2v) is 7.33. The maximum absolute atomic E-state index is 12.4. The molecule has 108 valence electrons. The predicted molar refractivity (Wildman–Crippen MR) is 76.3 cm³/mol. The van der Waals surface area contributed by atoms with Crippen molar-refractivity contribution in [2.24, 2.45) is 0 Å². The summed E-state index contributed by atoms with van der Waals surface area (Å²) in [6.07, 6.45) is -1.60. The van der Waals surface area contributed by atoms with Gasteiger partial charge in [0.15, 0.2) is 0 Å². The Kier molecular flexibility index (Phi) is 5.94. The smallest absolute Gasteiger partial charge is 0.243 e. The van der Waals surface area contributed by atoms with Crippen molar-refractivity contribution in [2.75, 3.05) is 13.1 Å². The van der Waals surface area contributed by atoms with Gasteiger partial charge in [0.05, 0.1) is 17.1 Å². The number of aliphatic hydroxyl groups excluding tert-OH is 2. The molecule has 0 amide bonds. The number of benzene rings is 1. The first-order valence-corrected chi connectivity index (χ1v) is 8.08. The van der Waals surface area contributed by atoms with Crippen molar-refractivity contribution in [2.45, 2.75) is 31.0 Å². The van der Waals surface area contributed by atoms with Gasteiger partial charge in [-0.3, -0.25) is 0 Å². The zero-order valence-electron chi connectivity index (χ0n) is 10.8. The van der Waals surface area contributed by atoms with Crippen LogP contribution in [0, 0.1) is 0 Å². The SMILES string of the molecule is C[C@H](O)CN(C[C@@H](C)O)S(=O)(=O)c1ccc(Br)cc1. The molecule has 0 aliphatic carbocycles. The maximum Gasteiger partial charge on any atom is 0.243 e. The molecule has 0 saturated heterocycles. The Labute approximate surface area is 122 Å². The van der Waals surface area contributed by atoms with Crippen LogP contribution in [0.4, 0.5) is 0 Å². The number of sulfonamides is 1. The Hall–Kier alpha value is -0.470. The van der Waals surface area contributed by atoms with Crippen LogP contribution >= 0.6 is 15.9 Å². The van der Waals surface area contributed by atoms with E-state index in [0.717, 1.165) is 8.78 Å². The quantitative estimate of drug-likeness (QED) is 0.807. The van der Waals surface area contributed by atoms with Gasteiger partial charge >= 0.3 is 0 Å². The molecule has 0 radical (unpaired) electrons. The molecule has 7 heteroatoms. The van der Waals surface area contributed by atoms with Crippen LogP contribution in [0.1, 0.15) is 13.8 Å². The van der Waals surface area contributed by atoms with Crippen LogP contribution < -0.4 is 0 Å². The first-order chi connectivity index (χ1) is 8.73. The molecule has 0 aliphatic rings. The fourth-order valence-electron chi connectivity index (χ4n) is 1.62. The Morgan fingerprint density at radius 2 is 1.53 bits per heavy atom. The van der Waals surface area contributed by atoms with E-state index in [2.05, 4.69) is 15.9 Å². The van der Waals surface area contributed by atoms with E-state index in [1.807, 2.05) is 0 Å². The molecule has 19 heavy (non-hydrogen) atoms. The highest BCUT2D eigenvalue weighted by Gasteiger charge is 2.26. The van der Waals surface area contributed by atoms with Gasteiger partial charge in [0.1, 0.15) is 0 Å². The minimum absolute atomic E-state index is 0.0523. The highest BCUT2D eigenvalue weighted by molar-refractivity contribution is 9.10. The molecular formula is C12H18BrNO4S. The van der Waals surface area contributed by atoms with E-state index in [-0.39, 0.29) is 18.0 Å². The molecule has 2 N–H and O–H groups in total. The van der Waals surface area contributed by atoms with E-state index in [4.69, 9.17) is 0 Å². The van der Waals surface area contributed by atoms with Gasteiger partial charge in [-0.05, 0) is 38.1 Å². The van der Waals surface area contributed by atoms with Crippen LogP contribution in [0.5, 0.6) is 0 Å². The van der Waals surface area contributed by atoms with Crippen LogP contribution in [0.15, 0.2) is 33.6 Å². The topological polar surface area (TPSA) is 77.8 Å². The van der Waals surface area contributed by atoms with Crippen LogP contribution in [0.3, 0.4) is 0 Å². The molecule has 0 aliphatic heterocycles. The van der Waals surface area contributed by atoms with Crippen molar-refractivity contribution in [1.29, 1.82) is 0 Å². The zero-order valence-corrected chi connectivity index (χ0v) is 13.2. The molecular weight excluding hydrogens is 334 g/mol. The number of rotatable bonds is 6. The number of hydrogen-bond donors (Lipinski definition) is 2. The third kappa shape index (κ3) is 4.85. The first kappa shape index (κ1) is 16.6. The average Bonchev–Trinajstić information content (AvgIpc) is 2.27. The summed E-state index contributed by atoms with van der Waals surface area (Å²) in [7, 11) is -3.72. The van der Waals surface area contributed by atoms with E-state index in [0.29, 0.717) is 0 Å². The summed E-state index contributed by atoms with van der Waals surface area (Å²) in [5.41, 5.74) is 0. The Morgan fingerprint density at radius 3 is 1.89 bits per heavy atom. The van der Waals surface area contributed by atoms with Crippen molar-refractivity contribution in [3.8, 4) is 0 Å². The van der Waals surface area contributed by atoms with Gasteiger partial charge < -0.3 is 10.2 Å². The highest BCUT2D eigenvalue weighted by atomic mass is 79.9. The molecule has 1 aromatic rings. The fraction of sp³-hybridized carbons (Fsp3) is 0.500. The molecule has 2 atom stereocenters. The minimum atomic E-state index is -3.72. The van der Waals surface area contributed by atoms with Gasteiger partial charge in [-0.25, -0.2) is 8.42 Å². The Balaban J connectivity index is 3.07. The van der Waals surface area contributed by atoms with E-state index in [1.54, 1.807) is 12.1 Å². The summed E-state index contributed by atoms with van der Waals surface area (Å²) < 4.78 is 26.7. The van der Waals surface area contributed by atoms with Crippen molar-refractivity contribution in [3.05, 3.63) is 28.7 Å². The highest BCUT2D eigenvalue weighted by Crippen LogP contribution is 2.19. The number of aliphatic hydroxyl groups is 2. The second-order valence-electron chi connectivity index (χ2n) is 4.47. The summed E-state index contributed by atoms with van der Waals surface area (Å²) in [5.74, 6) is 0. The number of halogens is 1. The fourth-order valence-corrected chi connectivity index (χ4v) is 3.48. The van der Waals surface area contributed by atoms with Gasteiger partial charge in [0.25, 0.3) is 0 Å². The lowest BCUT2D eigenvalue weighted by molar-refractivity contribution is 0.125. The Morgan fingerprint density at radius 1 is 1.11 bits per heavy atom. The first-order valence-electron chi connectivity index (χ1n) is 5.85. The normalized spacial score (nSPS) is 15.5. The van der Waals surface area contributed by atoms with E-state index < -0.39 is 22.2 Å². The predicted octanol–water partition coefficient (Wildman–Crippen LogP) is 1.20. The third-order valence-corrected chi connectivity index (χ3v) is 4.76. The second kappa shape index (κ2) is 6.81. The Bertz CT molecular complexity index is 489. The van der Waals surface area contributed by atoms with Gasteiger partial charge in [-0.1, -0.05) is 15.9 Å². The van der Waals surface area contributed by atoms with Crippen LogP contribution in [-0.2, 0) is 10.0 Å². The van der Waals surface area contributed by atoms with Crippen LogP contribution in [0.25, 0.3) is 0 Å². The molecule has 1 rings (SSSR count). The van der Waals surface area contributed by atoms with Gasteiger partial charge in [-0.2, -0.15) is 4.31 Å². The van der Waals surface area contributed by atoms with Crippen LogP contribution in [-0.4, -0.2) is 48.2 Å². The molecule has 0 fully saturated rings. The van der Waals surface area contributed by atoms with E-state index in [1.165, 1.54) is 26.0 Å². The van der Waals surface area contributed by atoms with Crippen molar-refractivity contribution >= 4 is 26.0 Å². The molecule has 0 aromatic heterocycles. The molecule has 0 unspecified atom stereocenters. The molecule has 0 spiro atoms. The van der Waals surface area contributed by atoms with Crippen molar-refractivity contribution < 1.29 is 18.6 Å². The van der Waals surface area contributed by atoms with Gasteiger partial charge in [0.2, 0.25) is 10.0 Å². The summed E-state index contributed by atoms with van der Waals surface area (Å²) in [5, 5.41) is 18.8. The van der Waals surface area contributed by atoms with Gasteiger partial charge in [0, 0.05) is 17.6 Å². The summed E-state index contributed by atoms with van der Waals surface area (Å²) in [6.45, 7) is 2.91. The van der Waals surface area contributed by atoms with Crippen LogP contribution in [0.2, 0.25) is 0 Å². The molecule has 0 saturated carbocycles. The average molecular weight is 352 g/mol. The van der Waals surface area contributed by atoms with Crippen molar-refractivity contribution in [3.63, 3.8) is 0 Å².